The lowest BCUT2D eigenvalue weighted by atomic mass is 10.0. The molecule has 0 saturated heterocycles. The molecule has 0 saturated carbocycles. The van der Waals surface area contributed by atoms with Gasteiger partial charge in [0.2, 0.25) is 0 Å². The molecule has 0 aliphatic rings. The molecule has 0 amide bonds. The van der Waals surface area contributed by atoms with E-state index in [1.165, 1.54) is 0 Å². The van der Waals surface area contributed by atoms with Gasteiger partial charge in [0.05, 0.1) is 18.8 Å². The number of ether oxygens (including phenoxy) is 1. The Kier molecular flexibility index (Phi) is 10.6. The van der Waals surface area contributed by atoms with E-state index >= 15 is 0 Å². The van der Waals surface area contributed by atoms with E-state index in [1.807, 2.05) is 58.0 Å². The van der Waals surface area contributed by atoms with Gasteiger partial charge in [0, 0.05) is 8.03 Å². The van der Waals surface area contributed by atoms with Crippen LogP contribution in [0.3, 0.4) is 0 Å². The first kappa shape index (κ1) is 17.1. The quantitative estimate of drug-likeness (QED) is 0.787. The van der Waals surface area contributed by atoms with Gasteiger partial charge in [-0.15, -0.1) is 0 Å². The molecular weight excluding hydrogens is 226 g/mol. The average molecular weight is 255 g/mol. The molecule has 0 aromatic heterocycles. The molecule has 0 aliphatic carbocycles. The smallest absolute Gasteiger partial charge is 0.0965 e. The van der Waals surface area contributed by atoms with E-state index in [1.54, 1.807) is 0 Å². The highest BCUT2D eigenvalue weighted by molar-refractivity contribution is 5.18. The molecule has 18 heavy (non-hydrogen) atoms. The van der Waals surface area contributed by atoms with Crippen molar-refractivity contribution in [3.05, 3.63) is 35.9 Å². The topological polar surface area (TPSA) is 41.5 Å². The van der Waals surface area contributed by atoms with Gasteiger partial charge in [-0.05, 0) is 19.0 Å². The van der Waals surface area contributed by atoms with Crippen molar-refractivity contribution in [1.82, 2.24) is 5.32 Å². The molecule has 2 N–H and O–H groups in total. The van der Waals surface area contributed by atoms with Crippen LogP contribution in [0.5, 0.6) is 0 Å². The third-order valence-corrected chi connectivity index (χ3v) is 2.49. The fraction of sp³-hybridized carbons (Fsp3) is 0.600. The maximum Gasteiger partial charge on any atom is 0.0965 e. The maximum absolute atomic E-state index is 10.2. The number of rotatable bonds is 7. The predicted molar refractivity (Wildman–Crippen MR) is 78.8 cm³/mol. The Morgan fingerprint density at radius 3 is 2.33 bits per heavy atom. The van der Waals surface area contributed by atoms with Crippen LogP contribution in [0.2, 0.25) is 0 Å². The van der Waals surface area contributed by atoms with Crippen molar-refractivity contribution in [2.45, 2.75) is 39.8 Å². The van der Waals surface area contributed by atoms with E-state index in [0.29, 0.717) is 13.2 Å². The molecule has 3 nitrogen and oxygen atoms in total. The summed E-state index contributed by atoms with van der Waals surface area (Å²) >= 11 is 0. The summed E-state index contributed by atoms with van der Waals surface area (Å²) in [7, 11) is 0. The highest BCUT2D eigenvalue weighted by Crippen LogP contribution is 2.16. The van der Waals surface area contributed by atoms with Crippen LogP contribution in [-0.4, -0.2) is 30.9 Å². The van der Waals surface area contributed by atoms with Gasteiger partial charge in [-0.3, -0.25) is 0 Å². The first-order valence-electron chi connectivity index (χ1n) is 6.83. The van der Waals surface area contributed by atoms with E-state index in [2.05, 4.69) is 5.32 Å². The van der Waals surface area contributed by atoms with Gasteiger partial charge in [-0.25, -0.2) is 0 Å². The lowest BCUT2D eigenvalue weighted by Crippen LogP contribution is -2.38. The molecule has 3 heteroatoms. The number of likely N-dealkylation sites (N-methyl/N-ethyl adjacent to an activating group) is 1. The zero-order valence-electron chi connectivity index (χ0n) is 12.0. The molecule has 0 fully saturated rings. The van der Waals surface area contributed by atoms with E-state index in [9.17, 15) is 5.11 Å². The van der Waals surface area contributed by atoms with Crippen LogP contribution in [0.25, 0.3) is 0 Å². The van der Waals surface area contributed by atoms with Crippen molar-refractivity contribution in [3.8, 4) is 0 Å². The Bertz CT molecular complexity index is 283. The van der Waals surface area contributed by atoms with E-state index < -0.39 is 6.10 Å². The van der Waals surface area contributed by atoms with Crippen LogP contribution in [0.4, 0.5) is 0 Å². The van der Waals surface area contributed by atoms with Crippen molar-refractivity contribution in [2.75, 3.05) is 19.8 Å². The van der Waals surface area contributed by atoms with Crippen molar-refractivity contribution >= 4 is 0 Å². The van der Waals surface area contributed by atoms with Crippen LogP contribution in [-0.2, 0) is 4.74 Å². The number of aliphatic hydroxyl groups excluding tert-OH is 1. The number of nitrogens with one attached hydrogen (secondary N) is 1. The Hall–Kier alpha value is -0.900. The minimum absolute atomic E-state index is 0. The zero-order chi connectivity index (χ0) is 13.8. The van der Waals surface area contributed by atoms with Gasteiger partial charge in [0.15, 0.2) is 0 Å². The SMILES string of the molecule is CC.CCNC(COCC)C(O)c1ccccc1.[HH]. The van der Waals surface area contributed by atoms with Gasteiger partial charge in [0.25, 0.3) is 0 Å². The first-order chi connectivity index (χ1) is 8.79. The van der Waals surface area contributed by atoms with Crippen LogP contribution in [0.1, 0.15) is 40.8 Å². The van der Waals surface area contributed by atoms with Crippen LogP contribution < -0.4 is 5.32 Å². The van der Waals surface area contributed by atoms with Crippen molar-refractivity contribution in [1.29, 1.82) is 0 Å². The van der Waals surface area contributed by atoms with Gasteiger partial charge >= 0.3 is 0 Å². The van der Waals surface area contributed by atoms with Gasteiger partial charge in [-0.1, -0.05) is 51.1 Å². The number of benzene rings is 1. The van der Waals surface area contributed by atoms with Crippen LogP contribution in [0, 0.1) is 0 Å². The largest absolute Gasteiger partial charge is 0.387 e. The molecule has 106 valence electrons. The molecule has 1 aromatic rings. The molecule has 0 radical (unpaired) electrons. The molecule has 2 unspecified atom stereocenters. The number of hydrogen-bond acceptors (Lipinski definition) is 3. The fourth-order valence-corrected chi connectivity index (χ4v) is 1.65. The third kappa shape index (κ3) is 6.15. The lowest BCUT2D eigenvalue weighted by molar-refractivity contribution is 0.0533. The summed E-state index contributed by atoms with van der Waals surface area (Å²) in [6.07, 6.45) is -0.521. The molecule has 2 atom stereocenters. The normalized spacial score (nSPS) is 13.4. The molecule has 0 aliphatic heterocycles. The van der Waals surface area contributed by atoms with E-state index in [0.717, 1.165) is 12.1 Å². The minimum atomic E-state index is -0.521. The van der Waals surface area contributed by atoms with Crippen LogP contribution in [0.15, 0.2) is 30.3 Å². The zero-order valence-corrected chi connectivity index (χ0v) is 12.0. The number of hydrogen-bond donors (Lipinski definition) is 2. The Morgan fingerprint density at radius 2 is 1.83 bits per heavy atom. The number of aliphatic hydroxyl groups is 1. The molecular formula is C15H29NO2. The summed E-state index contributed by atoms with van der Waals surface area (Å²) < 4.78 is 5.37. The second-order valence-electron chi connectivity index (χ2n) is 3.68. The summed E-state index contributed by atoms with van der Waals surface area (Å²) in [6.45, 7) is 10.0. The van der Waals surface area contributed by atoms with E-state index in [-0.39, 0.29) is 7.47 Å². The Morgan fingerprint density at radius 1 is 1.22 bits per heavy atom. The summed E-state index contributed by atoms with van der Waals surface area (Å²) in [5, 5.41) is 13.4. The highest BCUT2D eigenvalue weighted by Gasteiger charge is 2.19. The van der Waals surface area contributed by atoms with Gasteiger partial charge in [-0.2, -0.15) is 0 Å². The molecule has 0 heterocycles. The fourth-order valence-electron chi connectivity index (χ4n) is 1.65. The highest BCUT2D eigenvalue weighted by atomic mass is 16.5. The minimum Gasteiger partial charge on any atom is -0.387 e. The summed E-state index contributed by atoms with van der Waals surface area (Å²) in [6, 6.07) is 9.63. The Balaban J connectivity index is 0. The second kappa shape index (κ2) is 11.2. The van der Waals surface area contributed by atoms with Crippen molar-refractivity contribution in [3.63, 3.8) is 0 Å². The third-order valence-electron chi connectivity index (χ3n) is 2.49. The summed E-state index contributed by atoms with van der Waals surface area (Å²) in [5.74, 6) is 0. The monoisotopic (exact) mass is 255 g/mol. The van der Waals surface area contributed by atoms with E-state index in [4.69, 9.17) is 4.74 Å². The molecule has 0 spiro atoms. The standard InChI is InChI=1S/C13H21NO2.C2H6.H2/c1-3-14-12(10-16-4-2)13(15)11-8-6-5-7-9-11;1-2;/h5-9,12-15H,3-4,10H2,1-2H3;1-2H3;1H. The predicted octanol–water partition coefficient (Wildman–Crippen LogP) is 3.01. The van der Waals surface area contributed by atoms with Gasteiger partial charge < -0.3 is 15.2 Å². The average Bonchev–Trinajstić information content (AvgIpc) is 2.46. The molecule has 1 aromatic carbocycles. The molecule has 0 bridgehead atoms. The molecule has 1 rings (SSSR count). The summed E-state index contributed by atoms with van der Waals surface area (Å²) in [5.41, 5.74) is 0.924. The van der Waals surface area contributed by atoms with Crippen molar-refractivity contribution < 1.29 is 11.3 Å². The van der Waals surface area contributed by atoms with Gasteiger partial charge in [0.1, 0.15) is 0 Å². The maximum atomic E-state index is 10.2. The Labute approximate surface area is 113 Å². The van der Waals surface area contributed by atoms with Crippen LogP contribution >= 0.6 is 0 Å². The second-order valence-corrected chi connectivity index (χ2v) is 3.68. The first-order valence-corrected chi connectivity index (χ1v) is 6.83. The lowest BCUT2D eigenvalue weighted by Gasteiger charge is -2.23. The summed E-state index contributed by atoms with van der Waals surface area (Å²) in [4.78, 5) is 0. The van der Waals surface area contributed by atoms with Crippen molar-refractivity contribution in [2.24, 2.45) is 0 Å².